The molecule has 0 N–H and O–H groups in total. The van der Waals surface area contributed by atoms with Crippen molar-refractivity contribution >= 4 is 35.1 Å². The van der Waals surface area contributed by atoms with Gasteiger partial charge in [0.2, 0.25) is 11.6 Å². The molecule has 8 nitrogen and oxygen atoms in total. The number of benzene rings is 2. The van der Waals surface area contributed by atoms with Gasteiger partial charge in [-0.2, -0.15) is 0 Å². The van der Waals surface area contributed by atoms with E-state index in [0.717, 1.165) is 0 Å². The summed E-state index contributed by atoms with van der Waals surface area (Å²) < 4.78 is 16.7. The first-order valence-corrected chi connectivity index (χ1v) is 10.3. The van der Waals surface area contributed by atoms with Gasteiger partial charge in [0, 0.05) is 19.9 Å². The van der Waals surface area contributed by atoms with E-state index in [1.165, 1.54) is 16.8 Å². The van der Waals surface area contributed by atoms with Gasteiger partial charge in [0.1, 0.15) is 19.8 Å². The van der Waals surface area contributed by atoms with Crippen molar-refractivity contribution in [2.45, 2.75) is 25.1 Å². The summed E-state index contributed by atoms with van der Waals surface area (Å²) in [7, 11) is 1.52. The maximum atomic E-state index is 13.4. The van der Waals surface area contributed by atoms with Crippen LogP contribution in [0, 0.1) is 0 Å². The van der Waals surface area contributed by atoms with Crippen molar-refractivity contribution in [2.24, 2.45) is 0 Å². The molecule has 3 aliphatic heterocycles. The molecule has 2 aromatic rings. The number of ether oxygens (including phenoxy) is 3. The van der Waals surface area contributed by atoms with Crippen LogP contribution in [0.4, 0.5) is 5.69 Å². The van der Waals surface area contributed by atoms with Crippen LogP contribution < -0.4 is 14.4 Å². The molecule has 1 saturated heterocycles. The van der Waals surface area contributed by atoms with Gasteiger partial charge in [0.25, 0.3) is 5.91 Å². The summed E-state index contributed by atoms with van der Waals surface area (Å²) >= 11 is 6.27. The van der Waals surface area contributed by atoms with Gasteiger partial charge < -0.3 is 19.1 Å². The second-order valence-electron chi connectivity index (χ2n) is 7.61. The third-order valence-corrected chi connectivity index (χ3v) is 6.18. The average Bonchev–Trinajstić information content (AvgIpc) is 3.14. The highest BCUT2D eigenvalue weighted by Gasteiger charge is 2.60. The lowest BCUT2D eigenvalue weighted by Crippen LogP contribution is -2.67. The summed E-state index contributed by atoms with van der Waals surface area (Å²) in [6.07, 6.45) is 0.292. The average molecular weight is 443 g/mol. The molecule has 1 fully saturated rings. The molecule has 1 atom stereocenters. The summed E-state index contributed by atoms with van der Waals surface area (Å²) in [5.74, 6) is -0.287. The minimum Gasteiger partial charge on any atom is -0.486 e. The number of halogens is 1. The maximum absolute atomic E-state index is 13.4. The molecular formula is C22H19ClN2O6. The Hall–Kier alpha value is -3.26. The number of para-hydroxylation sites is 1. The fraction of sp³-hybridized carbons (Fsp3) is 0.318. The summed E-state index contributed by atoms with van der Waals surface area (Å²) in [5, 5.41) is 0.359. The van der Waals surface area contributed by atoms with E-state index in [9.17, 15) is 14.4 Å². The molecule has 0 aromatic heterocycles. The monoisotopic (exact) mass is 442 g/mol. The molecule has 0 radical (unpaired) electrons. The van der Waals surface area contributed by atoms with E-state index in [1.54, 1.807) is 36.4 Å². The predicted octanol–water partition coefficient (Wildman–Crippen LogP) is 2.76. The van der Waals surface area contributed by atoms with Crippen molar-refractivity contribution in [2.75, 3.05) is 25.2 Å². The number of amides is 2. The summed E-state index contributed by atoms with van der Waals surface area (Å²) in [4.78, 5) is 41.8. The van der Waals surface area contributed by atoms with Gasteiger partial charge in [-0.1, -0.05) is 23.7 Å². The van der Waals surface area contributed by atoms with Crippen LogP contribution in [0.2, 0.25) is 5.02 Å². The molecule has 0 bridgehead atoms. The van der Waals surface area contributed by atoms with Crippen molar-refractivity contribution in [3.05, 3.63) is 52.5 Å². The van der Waals surface area contributed by atoms with Crippen molar-refractivity contribution < 1.29 is 28.6 Å². The Morgan fingerprint density at radius 3 is 2.81 bits per heavy atom. The number of anilines is 1. The molecule has 0 spiro atoms. The van der Waals surface area contributed by atoms with E-state index in [-0.39, 0.29) is 31.3 Å². The zero-order chi connectivity index (χ0) is 21.8. The molecule has 3 aliphatic rings. The topological polar surface area (TPSA) is 85.4 Å². The number of nitrogens with zero attached hydrogens (tertiary/aromatic N) is 2. The first-order chi connectivity index (χ1) is 14.9. The van der Waals surface area contributed by atoms with Crippen LogP contribution in [0.15, 0.2) is 36.4 Å². The Bertz CT molecular complexity index is 1120. The molecule has 0 saturated carbocycles. The summed E-state index contributed by atoms with van der Waals surface area (Å²) in [6.45, 7) is 0.719. The van der Waals surface area contributed by atoms with Gasteiger partial charge in [-0.3, -0.25) is 14.5 Å². The van der Waals surface area contributed by atoms with Crippen molar-refractivity contribution in [3.8, 4) is 11.5 Å². The van der Waals surface area contributed by atoms with Crippen molar-refractivity contribution in [3.63, 3.8) is 0 Å². The Morgan fingerprint density at radius 1 is 1.19 bits per heavy atom. The van der Waals surface area contributed by atoms with Crippen LogP contribution in [-0.2, 0) is 20.9 Å². The molecule has 31 heavy (non-hydrogen) atoms. The van der Waals surface area contributed by atoms with Gasteiger partial charge in [-0.05, 0) is 29.8 Å². The molecule has 2 aromatic carbocycles. The number of hydrogen-bond donors (Lipinski definition) is 0. The van der Waals surface area contributed by atoms with E-state index in [4.69, 9.17) is 25.8 Å². The summed E-state index contributed by atoms with van der Waals surface area (Å²) in [6, 6.07) is 10.1. The van der Waals surface area contributed by atoms with Crippen molar-refractivity contribution in [1.29, 1.82) is 0 Å². The number of rotatable bonds is 3. The molecule has 3 heterocycles. The van der Waals surface area contributed by atoms with Crippen LogP contribution in [0.1, 0.15) is 28.8 Å². The largest absolute Gasteiger partial charge is 0.486 e. The van der Waals surface area contributed by atoms with Gasteiger partial charge in [0.15, 0.2) is 11.5 Å². The first kappa shape index (κ1) is 19.7. The Morgan fingerprint density at radius 2 is 1.97 bits per heavy atom. The van der Waals surface area contributed by atoms with E-state index in [1.807, 2.05) is 0 Å². The quantitative estimate of drug-likeness (QED) is 0.679. The first-order valence-electron chi connectivity index (χ1n) is 9.89. The molecule has 0 unspecified atom stereocenters. The normalized spacial score (nSPS) is 21.6. The van der Waals surface area contributed by atoms with Crippen LogP contribution >= 0.6 is 11.6 Å². The van der Waals surface area contributed by atoms with Crippen molar-refractivity contribution in [1.82, 2.24) is 4.90 Å². The number of hydrogen-bond acceptors (Lipinski definition) is 6. The maximum Gasteiger partial charge on any atom is 0.354 e. The lowest BCUT2D eigenvalue weighted by atomic mass is 9.97. The molecule has 160 valence electrons. The number of fused-ring (bicyclic) bond motifs is 4. The van der Waals surface area contributed by atoms with Gasteiger partial charge >= 0.3 is 5.97 Å². The number of carbonyl (C=O) groups excluding carboxylic acids is 3. The minimum atomic E-state index is -1.51. The van der Waals surface area contributed by atoms with E-state index in [0.29, 0.717) is 46.5 Å². The fourth-order valence-electron chi connectivity index (χ4n) is 4.40. The Balaban J connectivity index is 1.45. The molecular weight excluding hydrogens is 424 g/mol. The molecule has 5 rings (SSSR count). The third kappa shape index (κ3) is 2.85. The van der Waals surface area contributed by atoms with Gasteiger partial charge in [-0.25, -0.2) is 4.79 Å². The highest BCUT2D eigenvalue weighted by Crippen LogP contribution is 2.44. The number of carbonyl (C=O) groups is 3. The van der Waals surface area contributed by atoms with E-state index >= 15 is 0 Å². The number of esters is 1. The lowest BCUT2D eigenvalue weighted by molar-refractivity contribution is -0.157. The second-order valence-corrected chi connectivity index (χ2v) is 8.01. The van der Waals surface area contributed by atoms with E-state index in [2.05, 4.69) is 0 Å². The highest BCUT2D eigenvalue weighted by atomic mass is 35.5. The van der Waals surface area contributed by atoms with Gasteiger partial charge in [0.05, 0.1) is 16.3 Å². The third-order valence-electron chi connectivity index (χ3n) is 5.90. The SMILES string of the molecule is CN1C(=O)c2ccccc2N2C(=O)CC[C@]12C(=O)OCc1cc(Cl)c2c(c1)OCCO2. The Kier molecular flexibility index (Phi) is 4.55. The van der Waals surface area contributed by atoms with Crippen LogP contribution in [-0.4, -0.2) is 48.6 Å². The zero-order valence-corrected chi connectivity index (χ0v) is 17.5. The van der Waals surface area contributed by atoms with Gasteiger partial charge in [-0.15, -0.1) is 0 Å². The second kappa shape index (κ2) is 7.16. The van der Waals surface area contributed by atoms with Crippen LogP contribution in [0.3, 0.4) is 0 Å². The summed E-state index contributed by atoms with van der Waals surface area (Å²) in [5.41, 5.74) is -0.102. The zero-order valence-electron chi connectivity index (χ0n) is 16.7. The lowest BCUT2D eigenvalue weighted by Gasteiger charge is -2.46. The molecule has 9 heteroatoms. The highest BCUT2D eigenvalue weighted by molar-refractivity contribution is 6.32. The standard InChI is InChI=1S/C22H19ClN2O6/c1-24-20(27)14-4-2-3-5-16(14)25-18(26)6-7-22(24,25)21(28)31-12-13-10-15(23)19-17(11-13)29-8-9-30-19/h2-5,10-11H,6-9,12H2,1H3/t22-/m0/s1. The molecule has 2 amide bonds. The smallest absolute Gasteiger partial charge is 0.354 e. The van der Waals surface area contributed by atoms with Crippen LogP contribution in [0.25, 0.3) is 0 Å². The number of likely N-dealkylation sites (N-methyl/N-ethyl adjacent to an activating group) is 1. The predicted molar refractivity (Wildman–Crippen MR) is 110 cm³/mol. The molecule has 0 aliphatic carbocycles. The fourth-order valence-corrected chi connectivity index (χ4v) is 4.69. The van der Waals surface area contributed by atoms with E-state index < -0.39 is 11.6 Å². The van der Waals surface area contributed by atoms with Crippen LogP contribution in [0.5, 0.6) is 11.5 Å². The Labute approximate surface area is 183 Å². The minimum absolute atomic E-state index is 0.0946.